The first-order chi connectivity index (χ1) is 11.4. The molecule has 24 heavy (non-hydrogen) atoms. The SMILES string of the molecule is COc1ccc(CNC(=O)/C=C/c2cn(C)c(=O)n(C)c2=O)cn1. The molecule has 1 amide bonds. The van der Waals surface area contributed by atoms with Gasteiger partial charge in [-0.1, -0.05) is 6.07 Å². The summed E-state index contributed by atoms with van der Waals surface area (Å²) < 4.78 is 7.22. The Balaban J connectivity index is 2.03. The number of methoxy groups -OCH3 is 1. The molecule has 0 aliphatic rings. The summed E-state index contributed by atoms with van der Waals surface area (Å²) in [6, 6.07) is 3.49. The Hall–Kier alpha value is -3.16. The normalized spacial score (nSPS) is 10.8. The fourth-order valence-corrected chi connectivity index (χ4v) is 2.00. The number of carbonyl (C=O) groups excluding carboxylic acids is 1. The first-order valence-corrected chi connectivity index (χ1v) is 7.14. The van der Waals surface area contributed by atoms with E-state index in [2.05, 4.69) is 10.3 Å². The Morgan fingerprint density at radius 1 is 1.33 bits per heavy atom. The van der Waals surface area contributed by atoms with E-state index in [1.165, 1.54) is 44.1 Å². The van der Waals surface area contributed by atoms with Crippen LogP contribution < -0.4 is 21.3 Å². The van der Waals surface area contributed by atoms with Crippen LogP contribution in [-0.4, -0.2) is 27.1 Å². The molecule has 1 N–H and O–H groups in total. The number of aryl methyl sites for hydroxylation is 1. The number of hydrogen-bond acceptors (Lipinski definition) is 5. The Bertz CT molecular complexity index is 878. The van der Waals surface area contributed by atoms with E-state index in [0.29, 0.717) is 12.4 Å². The predicted molar refractivity (Wildman–Crippen MR) is 88.6 cm³/mol. The number of nitrogens with one attached hydrogen (secondary N) is 1. The van der Waals surface area contributed by atoms with Gasteiger partial charge in [-0.05, 0) is 11.6 Å². The van der Waals surface area contributed by atoms with Crippen molar-refractivity contribution in [2.45, 2.75) is 6.54 Å². The van der Waals surface area contributed by atoms with Crippen molar-refractivity contribution in [1.29, 1.82) is 0 Å². The van der Waals surface area contributed by atoms with E-state index >= 15 is 0 Å². The molecular weight excluding hydrogens is 312 g/mol. The number of ether oxygens (including phenoxy) is 1. The molecule has 8 heteroatoms. The molecule has 0 aliphatic carbocycles. The van der Waals surface area contributed by atoms with Crippen LogP contribution in [-0.2, 0) is 25.4 Å². The smallest absolute Gasteiger partial charge is 0.330 e. The standard InChI is InChI=1S/C16H18N4O4/c1-19-10-12(15(22)20(2)16(19)23)5-6-13(21)17-8-11-4-7-14(24-3)18-9-11/h4-7,9-10H,8H2,1-3H3,(H,17,21)/b6-5+. The molecular formula is C16H18N4O4. The molecule has 2 aromatic heterocycles. The number of carbonyl (C=O) groups is 1. The first-order valence-electron chi connectivity index (χ1n) is 7.14. The monoisotopic (exact) mass is 330 g/mol. The lowest BCUT2D eigenvalue weighted by Crippen LogP contribution is -2.37. The molecule has 0 radical (unpaired) electrons. The number of hydrogen-bond donors (Lipinski definition) is 1. The zero-order chi connectivity index (χ0) is 17.7. The molecule has 2 heterocycles. The van der Waals surface area contributed by atoms with Crippen molar-refractivity contribution >= 4 is 12.0 Å². The van der Waals surface area contributed by atoms with Crippen LogP contribution in [0.25, 0.3) is 6.08 Å². The third-order valence-corrected chi connectivity index (χ3v) is 3.36. The number of aromatic nitrogens is 3. The molecule has 0 atom stereocenters. The highest BCUT2D eigenvalue weighted by Gasteiger charge is 2.05. The number of nitrogens with zero attached hydrogens (tertiary/aromatic N) is 3. The summed E-state index contributed by atoms with van der Waals surface area (Å²) in [5, 5.41) is 2.68. The van der Waals surface area contributed by atoms with Gasteiger partial charge in [0.25, 0.3) is 5.56 Å². The second-order valence-electron chi connectivity index (χ2n) is 5.10. The van der Waals surface area contributed by atoms with Gasteiger partial charge < -0.3 is 14.6 Å². The minimum absolute atomic E-state index is 0.251. The van der Waals surface area contributed by atoms with Crippen LogP contribution in [0.5, 0.6) is 5.88 Å². The average molecular weight is 330 g/mol. The summed E-state index contributed by atoms with van der Waals surface area (Å²) in [4.78, 5) is 39.4. The van der Waals surface area contributed by atoms with E-state index in [9.17, 15) is 14.4 Å². The van der Waals surface area contributed by atoms with Crippen molar-refractivity contribution in [3.8, 4) is 5.88 Å². The van der Waals surface area contributed by atoms with E-state index in [0.717, 1.165) is 10.1 Å². The van der Waals surface area contributed by atoms with Crippen LogP contribution in [0.15, 0.2) is 40.2 Å². The molecule has 0 fully saturated rings. The summed E-state index contributed by atoms with van der Waals surface area (Å²) in [5.74, 6) is 0.136. The molecule has 126 valence electrons. The van der Waals surface area contributed by atoms with Crippen LogP contribution in [0.4, 0.5) is 0 Å². The van der Waals surface area contributed by atoms with Crippen molar-refractivity contribution in [2.75, 3.05) is 7.11 Å². The summed E-state index contributed by atoms with van der Waals surface area (Å²) in [6.07, 6.45) is 5.62. The highest BCUT2D eigenvalue weighted by molar-refractivity contribution is 5.91. The molecule has 0 bridgehead atoms. The largest absolute Gasteiger partial charge is 0.481 e. The fourth-order valence-electron chi connectivity index (χ4n) is 2.00. The van der Waals surface area contributed by atoms with Crippen molar-refractivity contribution in [2.24, 2.45) is 14.1 Å². The summed E-state index contributed by atoms with van der Waals surface area (Å²) in [6.45, 7) is 0.297. The second-order valence-corrected chi connectivity index (χ2v) is 5.10. The Labute approximate surface area is 138 Å². The van der Waals surface area contributed by atoms with E-state index in [4.69, 9.17) is 4.74 Å². The summed E-state index contributed by atoms with van der Waals surface area (Å²) in [5.41, 5.74) is 0.187. The molecule has 0 unspecified atom stereocenters. The number of amides is 1. The second kappa shape index (κ2) is 7.40. The van der Waals surface area contributed by atoms with Gasteiger partial charge in [0.2, 0.25) is 11.8 Å². The third kappa shape index (κ3) is 3.97. The highest BCUT2D eigenvalue weighted by atomic mass is 16.5. The van der Waals surface area contributed by atoms with Crippen LogP contribution in [0, 0.1) is 0 Å². The molecule has 0 aliphatic heterocycles. The Morgan fingerprint density at radius 2 is 2.08 bits per heavy atom. The topological polar surface area (TPSA) is 95.2 Å². The van der Waals surface area contributed by atoms with Gasteiger partial charge >= 0.3 is 5.69 Å². The molecule has 0 spiro atoms. The Morgan fingerprint density at radius 3 is 2.71 bits per heavy atom. The van der Waals surface area contributed by atoms with E-state index < -0.39 is 11.2 Å². The molecule has 2 rings (SSSR count). The van der Waals surface area contributed by atoms with Gasteiger partial charge in [0, 0.05) is 45.2 Å². The van der Waals surface area contributed by atoms with E-state index in [-0.39, 0.29) is 11.5 Å². The van der Waals surface area contributed by atoms with Gasteiger partial charge in [0.05, 0.1) is 12.7 Å². The average Bonchev–Trinajstić information content (AvgIpc) is 2.60. The maximum Gasteiger partial charge on any atom is 0.330 e. The Kier molecular flexibility index (Phi) is 5.31. The lowest BCUT2D eigenvalue weighted by molar-refractivity contribution is -0.116. The van der Waals surface area contributed by atoms with Gasteiger partial charge in [-0.25, -0.2) is 9.78 Å². The quantitative estimate of drug-likeness (QED) is 0.767. The fraction of sp³-hybridized carbons (Fsp3) is 0.250. The summed E-state index contributed by atoms with van der Waals surface area (Å²) in [7, 11) is 4.45. The first kappa shape index (κ1) is 17.2. The third-order valence-electron chi connectivity index (χ3n) is 3.36. The van der Waals surface area contributed by atoms with Crippen LogP contribution in [0.2, 0.25) is 0 Å². The minimum Gasteiger partial charge on any atom is -0.481 e. The van der Waals surface area contributed by atoms with Crippen molar-refractivity contribution in [3.63, 3.8) is 0 Å². The van der Waals surface area contributed by atoms with Crippen LogP contribution >= 0.6 is 0 Å². The molecule has 0 aromatic carbocycles. The van der Waals surface area contributed by atoms with Gasteiger partial charge in [-0.3, -0.25) is 14.2 Å². The molecule has 0 saturated carbocycles. The van der Waals surface area contributed by atoms with Gasteiger partial charge in [0.15, 0.2) is 0 Å². The van der Waals surface area contributed by atoms with Crippen molar-refractivity contribution in [1.82, 2.24) is 19.4 Å². The van der Waals surface area contributed by atoms with Crippen molar-refractivity contribution in [3.05, 3.63) is 62.6 Å². The molecule has 0 saturated heterocycles. The van der Waals surface area contributed by atoms with Crippen LogP contribution in [0.1, 0.15) is 11.1 Å². The van der Waals surface area contributed by atoms with E-state index in [1.807, 2.05) is 0 Å². The number of rotatable bonds is 5. The maximum absolute atomic E-state index is 11.9. The highest BCUT2D eigenvalue weighted by Crippen LogP contribution is 2.06. The lowest BCUT2D eigenvalue weighted by Gasteiger charge is -2.04. The summed E-state index contributed by atoms with van der Waals surface area (Å²) >= 11 is 0. The predicted octanol–water partition coefficient (Wildman–Crippen LogP) is -0.183. The van der Waals surface area contributed by atoms with Crippen molar-refractivity contribution < 1.29 is 9.53 Å². The zero-order valence-electron chi connectivity index (χ0n) is 13.6. The zero-order valence-corrected chi connectivity index (χ0v) is 13.6. The minimum atomic E-state index is -0.457. The van der Waals surface area contributed by atoms with Gasteiger partial charge in [0.1, 0.15) is 0 Å². The van der Waals surface area contributed by atoms with Gasteiger partial charge in [-0.15, -0.1) is 0 Å². The lowest BCUT2D eigenvalue weighted by atomic mass is 10.2. The molecule has 8 nitrogen and oxygen atoms in total. The van der Waals surface area contributed by atoms with Crippen LogP contribution in [0.3, 0.4) is 0 Å². The number of pyridine rings is 1. The maximum atomic E-state index is 11.9. The molecule has 2 aromatic rings. The van der Waals surface area contributed by atoms with E-state index in [1.54, 1.807) is 18.3 Å². The van der Waals surface area contributed by atoms with Gasteiger partial charge in [-0.2, -0.15) is 0 Å².